The molecule has 1 aliphatic rings. The summed E-state index contributed by atoms with van der Waals surface area (Å²) in [6.45, 7) is 2.51. The Kier molecular flexibility index (Phi) is 6.11. The van der Waals surface area contributed by atoms with Crippen LogP contribution in [0.5, 0.6) is 5.75 Å². The first-order valence-corrected chi connectivity index (χ1v) is 9.46. The van der Waals surface area contributed by atoms with Crippen LogP contribution in [0.2, 0.25) is 0 Å². The second-order valence-corrected chi connectivity index (χ2v) is 6.77. The number of rotatable bonds is 6. The van der Waals surface area contributed by atoms with E-state index in [0.29, 0.717) is 18.1 Å². The van der Waals surface area contributed by atoms with Crippen LogP contribution in [0, 0.1) is 5.92 Å². The first kappa shape index (κ1) is 18.9. The monoisotopic (exact) mass is 370 g/mol. The van der Waals surface area contributed by atoms with Crippen molar-refractivity contribution in [1.82, 2.24) is 9.78 Å². The number of benzene rings is 1. The molecule has 7 heteroatoms. The van der Waals surface area contributed by atoms with E-state index in [2.05, 4.69) is 15.7 Å². The average molecular weight is 370 g/mol. The van der Waals surface area contributed by atoms with Gasteiger partial charge < -0.3 is 15.4 Å². The number of carbonyl (C=O) groups excluding carboxylic acids is 2. The van der Waals surface area contributed by atoms with E-state index in [1.807, 2.05) is 6.92 Å². The predicted octanol–water partition coefficient (Wildman–Crippen LogP) is 3.59. The number of ether oxygens (including phenoxy) is 1. The van der Waals surface area contributed by atoms with E-state index >= 15 is 0 Å². The summed E-state index contributed by atoms with van der Waals surface area (Å²) in [5, 5.41) is 9.92. The summed E-state index contributed by atoms with van der Waals surface area (Å²) < 4.78 is 6.91. The number of hydrogen-bond acceptors (Lipinski definition) is 4. The lowest BCUT2D eigenvalue weighted by Crippen LogP contribution is -2.25. The number of amides is 2. The molecule has 0 spiro atoms. The largest absolute Gasteiger partial charge is 0.494 e. The first-order chi connectivity index (χ1) is 13.1. The highest BCUT2D eigenvalue weighted by atomic mass is 16.5. The normalized spacial score (nSPS) is 14.6. The van der Waals surface area contributed by atoms with Gasteiger partial charge in [-0.2, -0.15) is 5.10 Å². The molecule has 2 amide bonds. The molecule has 7 nitrogen and oxygen atoms in total. The molecular weight excluding hydrogens is 344 g/mol. The summed E-state index contributed by atoms with van der Waals surface area (Å²) in [4.78, 5) is 24.9. The van der Waals surface area contributed by atoms with E-state index in [9.17, 15) is 9.59 Å². The van der Waals surface area contributed by atoms with Gasteiger partial charge >= 0.3 is 0 Å². The minimum Gasteiger partial charge on any atom is -0.494 e. The lowest BCUT2D eigenvalue weighted by molar-refractivity contribution is -0.120. The lowest BCUT2D eigenvalue weighted by atomic mass is 9.89. The molecule has 0 aliphatic heterocycles. The van der Waals surface area contributed by atoms with Crippen LogP contribution in [-0.4, -0.2) is 28.2 Å². The Morgan fingerprint density at radius 3 is 2.52 bits per heavy atom. The van der Waals surface area contributed by atoms with E-state index in [1.165, 1.54) is 11.1 Å². The molecular formula is C20H26N4O3. The van der Waals surface area contributed by atoms with Gasteiger partial charge in [0.1, 0.15) is 11.6 Å². The van der Waals surface area contributed by atoms with E-state index in [0.717, 1.165) is 31.4 Å². The fourth-order valence-corrected chi connectivity index (χ4v) is 3.28. The molecule has 1 saturated carbocycles. The molecule has 27 heavy (non-hydrogen) atoms. The maximum atomic E-state index is 12.4. The summed E-state index contributed by atoms with van der Waals surface area (Å²) in [6.07, 6.45) is 5.24. The molecule has 0 bridgehead atoms. The second-order valence-electron chi connectivity index (χ2n) is 6.77. The molecule has 2 N–H and O–H groups in total. The number of anilines is 2. The number of nitrogens with zero attached hydrogens (tertiary/aromatic N) is 2. The minimum atomic E-state index is -0.326. The van der Waals surface area contributed by atoms with Gasteiger partial charge in [-0.15, -0.1) is 0 Å². The third-order valence-electron chi connectivity index (χ3n) is 4.76. The van der Waals surface area contributed by atoms with Crippen LogP contribution in [0.3, 0.4) is 0 Å². The van der Waals surface area contributed by atoms with Crippen molar-refractivity contribution in [3.8, 4) is 5.75 Å². The predicted molar refractivity (Wildman–Crippen MR) is 104 cm³/mol. The zero-order valence-corrected chi connectivity index (χ0v) is 15.8. The van der Waals surface area contributed by atoms with Crippen molar-refractivity contribution in [2.45, 2.75) is 39.0 Å². The summed E-state index contributed by atoms with van der Waals surface area (Å²) >= 11 is 0. The maximum absolute atomic E-state index is 12.4. The molecule has 1 fully saturated rings. The molecule has 1 heterocycles. The summed E-state index contributed by atoms with van der Waals surface area (Å²) in [6, 6.07) is 8.75. The minimum absolute atomic E-state index is 0.0103. The fraction of sp³-hybridized carbons (Fsp3) is 0.450. The van der Waals surface area contributed by atoms with E-state index in [-0.39, 0.29) is 23.4 Å². The van der Waals surface area contributed by atoms with Gasteiger partial charge in [-0.3, -0.25) is 14.3 Å². The molecule has 1 aromatic heterocycles. The molecule has 1 aromatic carbocycles. The van der Waals surface area contributed by atoms with E-state index < -0.39 is 0 Å². The molecule has 1 aliphatic carbocycles. The number of hydrogen-bond donors (Lipinski definition) is 2. The zero-order chi connectivity index (χ0) is 19.2. The number of carbonyl (C=O) groups is 2. The SMILES string of the molecule is CCOc1ccc(NC(=O)c2cc(NC(=O)C3CCCCC3)n(C)n2)cc1. The summed E-state index contributed by atoms with van der Waals surface area (Å²) in [7, 11) is 1.71. The molecule has 0 saturated heterocycles. The number of aryl methyl sites for hydroxylation is 1. The Bertz CT molecular complexity index is 792. The van der Waals surface area contributed by atoms with Gasteiger partial charge in [0.25, 0.3) is 5.91 Å². The van der Waals surface area contributed by atoms with Crippen LogP contribution in [0.4, 0.5) is 11.5 Å². The Morgan fingerprint density at radius 2 is 1.85 bits per heavy atom. The van der Waals surface area contributed by atoms with Crippen molar-refractivity contribution in [2.24, 2.45) is 13.0 Å². The van der Waals surface area contributed by atoms with E-state index in [1.54, 1.807) is 37.4 Å². The first-order valence-electron chi connectivity index (χ1n) is 9.46. The third kappa shape index (κ3) is 4.87. The van der Waals surface area contributed by atoms with Crippen LogP contribution in [0.1, 0.15) is 49.5 Å². The molecule has 144 valence electrons. The molecule has 0 unspecified atom stereocenters. The van der Waals surface area contributed by atoms with Crippen LogP contribution >= 0.6 is 0 Å². The Balaban J connectivity index is 1.62. The average Bonchev–Trinajstić information content (AvgIpc) is 3.05. The van der Waals surface area contributed by atoms with Gasteiger partial charge in [0.05, 0.1) is 6.61 Å². The van der Waals surface area contributed by atoms with Crippen molar-refractivity contribution in [3.05, 3.63) is 36.0 Å². The van der Waals surface area contributed by atoms with Gasteiger partial charge in [-0.25, -0.2) is 0 Å². The van der Waals surface area contributed by atoms with Crippen molar-refractivity contribution in [2.75, 3.05) is 17.2 Å². The smallest absolute Gasteiger partial charge is 0.276 e. The van der Waals surface area contributed by atoms with Crippen molar-refractivity contribution >= 4 is 23.3 Å². The maximum Gasteiger partial charge on any atom is 0.276 e. The van der Waals surface area contributed by atoms with Gasteiger partial charge in [0, 0.05) is 24.7 Å². The van der Waals surface area contributed by atoms with Crippen molar-refractivity contribution in [1.29, 1.82) is 0 Å². The van der Waals surface area contributed by atoms with Crippen molar-refractivity contribution in [3.63, 3.8) is 0 Å². The third-order valence-corrected chi connectivity index (χ3v) is 4.76. The molecule has 0 atom stereocenters. The van der Waals surface area contributed by atoms with Crippen LogP contribution in [0.25, 0.3) is 0 Å². The summed E-state index contributed by atoms with van der Waals surface area (Å²) in [5.41, 5.74) is 0.909. The van der Waals surface area contributed by atoms with Crippen LogP contribution < -0.4 is 15.4 Å². The van der Waals surface area contributed by atoms with E-state index in [4.69, 9.17) is 4.74 Å². The van der Waals surface area contributed by atoms with Gasteiger partial charge in [-0.1, -0.05) is 19.3 Å². The van der Waals surface area contributed by atoms with Crippen molar-refractivity contribution < 1.29 is 14.3 Å². The molecule has 3 rings (SSSR count). The quantitative estimate of drug-likeness (QED) is 0.814. The molecule has 2 aromatic rings. The van der Waals surface area contributed by atoms with Gasteiger partial charge in [0.2, 0.25) is 5.91 Å². The summed E-state index contributed by atoms with van der Waals surface area (Å²) in [5.74, 6) is 1.02. The number of nitrogens with one attached hydrogen (secondary N) is 2. The highest BCUT2D eigenvalue weighted by Gasteiger charge is 2.22. The van der Waals surface area contributed by atoms with Crippen LogP contribution in [0.15, 0.2) is 30.3 Å². The van der Waals surface area contributed by atoms with Gasteiger partial charge in [0.15, 0.2) is 5.69 Å². The number of aromatic nitrogens is 2. The highest BCUT2D eigenvalue weighted by molar-refractivity contribution is 6.04. The zero-order valence-electron chi connectivity index (χ0n) is 15.8. The Labute approximate surface area is 159 Å². The topological polar surface area (TPSA) is 85.3 Å². The van der Waals surface area contributed by atoms with Crippen LogP contribution in [-0.2, 0) is 11.8 Å². The fourth-order valence-electron chi connectivity index (χ4n) is 3.28. The van der Waals surface area contributed by atoms with Gasteiger partial charge in [-0.05, 0) is 44.0 Å². The Hall–Kier alpha value is -2.83. The highest BCUT2D eigenvalue weighted by Crippen LogP contribution is 2.25. The second kappa shape index (κ2) is 8.70. The Morgan fingerprint density at radius 1 is 1.15 bits per heavy atom. The molecule has 0 radical (unpaired) electrons. The lowest BCUT2D eigenvalue weighted by Gasteiger charge is -2.20. The standard InChI is InChI=1S/C20H26N4O3/c1-3-27-16-11-9-15(10-12-16)21-20(26)17-13-18(24(2)23-17)22-19(25)14-7-5-4-6-8-14/h9-14H,3-8H2,1-2H3,(H,21,26)(H,22,25).